The Morgan fingerprint density at radius 2 is 1.79 bits per heavy atom. The number of aromatic nitrogens is 6. The van der Waals surface area contributed by atoms with Gasteiger partial charge in [-0.15, -0.1) is 5.10 Å². The van der Waals surface area contributed by atoms with Gasteiger partial charge in [-0.25, -0.2) is 19.2 Å². The Balaban J connectivity index is 1.65. The summed E-state index contributed by atoms with van der Waals surface area (Å²) >= 11 is 0. The Labute approximate surface area is 139 Å². The van der Waals surface area contributed by atoms with Gasteiger partial charge in [0.2, 0.25) is 0 Å². The zero-order chi connectivity index (χ0) is 15.9. The topological polar surface area (TPSA) is 60.9 Å². The molecule has 0 aliphatic heterocycles. The molecule has 0 radical (unpaired) electrons. The minimum Gasteiger partial charge on any atom is -0.216 e. The lowest BCUT2D eigenvalue weighted by atomic mass is 9.89. The summed E-state index contributed by atoms with van der Waals surface area (Å²) in [6.45, 7) is 0. The van der Waals surface area contributed by atoms with Gasteiger partial charge in [-0.3, -0.25) is 0 Å². The van der Waals surface area contributed by atoms with Gasteiger partial charge in [-0.2, -0.15) is 5.10 Å². The fraction of sp³-hybridized carbons (Fsp3) is 0.333. The van der Waals surface area contributed by atoms with E-state index in [4.69, 9.17) is 4.98 Å². The highest BCUT2D eigenvalue weighted by molar-refractivity contribution is 5.89. The maximum Gasteiger partial charge on any atom is 0.170 e. The van der Waals surface area contributed by atoms with Crippen LogP contribution >= 0.6 is 0 Å². The maximum atomic E-state index is 4.83. The molecule has 0 bridgehead atoms. The number of nitrogens with zero attached hydrogens (tertiary/aromatic N) is 6. The van der Waals surface area contributed by atoms with Gasteiger partial charge < -0.3 is 0 Å². The number of para-hydroxylation sites is 1. The van der Waals surface area contributed by atoms with E-state index in [2.05, 4.69) is 15.2 Å². The highest BCUT2D eigenvalue weighted by atomic mass is 15.3. The maximum absolute atomic E-state index is 4.83. The van der Waals surface area contributed by atoms with Gasteiger partial charge >= 0.3 is 0 Å². The van der Waals surface area contributed by atoms with Crippen molar-refractivity contribution < 1.29 is 0 Å². The van der Waals surface area contributed by atoms with Crippen molar-refractivity contribution in [3.63, 3.8) is 0 Å². The standard InChI is InChI=1S/C18H18N6/c1-3-7-13(8-4-1)16-21-18-15-11-20-24(14-9-5-2-6-10-14)17(15)19-12-23(18)22-16/h2,5-6,9-13H,1,3-4,7-8H2. The van der Waals surface area contributed by atoms with Crippen LogP contribution in [0.5, 0.6) is 0 Å². The van der Waals surface area contributed by atoms with Gasteiger partial charge in [-0.1, -0.05) is 37.5 Å². The predicted octanol–water partition coefficient (Wildman–Crippen LogP) is 3.51. The van der Waals surface area contributed by atoms with Crippen molar-refractivity contribution >= 4 is 16.7 Å². The Hall–Kier alpha value is -2.76. The van der Waals surface area contributed by atoms with E-state index in [1.165, 1.54) is 32.1 Å². The zero-order valence-electron chi connectivity index (χ0n) is 13.3. The molecule has 0 unspecified atom stereocenters. The molecular formula is C18H18N6. The summed E-state index contributed by atoms with van der Waals surface area (Å²) in [6, 6.07) is 10.0. The van der Waals surface area contributed by atoms with Crippen molar-refractivity contribution in [2.45, 2.75) is 38.0 Å². The van der Waals surface area contributed by atoms with Gasteiger partial charge in [0.25, 0.3) is 0 Å². The lowest BCUT2D eigenvalue weighted by Gasteiger charge is -2.17. The molecule has 1 aliphatic rings. The van der Waals surface area contributed by atoms with Crippen molar-refractivity contribution in [3.05, 3.63) is 48.7 Å². The first-order chi connectivity index (χ1) is 11.9. The van der Waals surface area contributed by atoms with Crippen LogP contribution in [0.3, 0.4) is 0 Å². The molecule has 1 saturated carbocycles. The highest BCUT2D eigenvalue weighted by Gasteiger charge is 2.21. The quantitative estimate of drug-likeness (QED) is 0.567. The van der Waals surface area contributed by atoms with E-state index in [0.717, 1.165) is 28.2 Å². The van der Waals surface area contributed by atoms with Gasteiger partial charge in [0.1, 0.15) is 6.33 Å². The van der Waals surface area contributed by atoms with E-state index < -0.39 is 0 Å². The third-order valence-electron chi connectivity index (χ3n) is 4.89. The molecule has 1 aromatic carbocycles. The number of benzene rings is 1. The molecule has 4 aromatic rings. The van der Waals surface area contributed by atoms with E-state index in [0.29, 0.717) is 5.92 Å². The molecule has 0 atom stereocenters. The molecule has 0 saturated heterocycles. The average molecular weight is 318 g/mol. The van der Waals surface area contributed by atoms with Crippen molar-refractivity contribution in [2.24, 2.45) is 0 Å². The lowest BCUT2D eigenvalue weighted by molar-refractivity contribution is 0.429. The van der Waals surface area contributed by atoms with Crippen molar-refractivity contribution in [2.75, 3.05) is 0 Å². The third-order valence-corrected chi connectivity index (χ3v) is 4.89. The van der Waals surface area contributed by atoms with Gasteiger partial charge in [0.05, 0.1) is 17.3 Å². The molecule has 0 amide bonds. The van der Waals surface area contributed by atoms with Crippen LogP contribution < -0.4 is 0 Å². The summed E-state index contributed by atoms with van der Waals surface area (Å²) in [5.74, 6) is 1.44. The molecule has 6 heteroatoms. The van der Waals surface area contributed by atoms with Crippen LogP contribution in [0.25, 0.3) is 22.4 Å². The molecule has 0 N–H and O–H groups in total. The smallest absolute Gasteiger partial charge is 0.170 e. The normalized spacial score (nSPS) is 16.2. The molecule has 6 nitrogen and oxygen atoms in total. The van der Waals surface area contributed by atoms with Crippen LogP contribution in [0.15, 0.2) is 42.9 Å². The molecular weight excluding hydrogens is 300 g/mol. The SMILES string of the molecule is c1ccc(-n2ncc3c2ncn2nc(C4CCCCC4)nc32)cc1. The molecule has 1 fully saturated rings. The Bertz CT molecular complexity index is 994. The first kappa shape index (κ1) is 13.7. The highest BCUT2D eigenvalue weighted by Crippen LogP contribution is 2.31. The molecule has 24 heavy (non-hydrogen) atoms. The van der Waals surface area contributed by atoms with Crippen molar-refractivity contribution in [1.29, 1.82) is 0 Å². The average Bonchev–Trinajstić information content (AvgIpc) is 3.27. The second-order valence-electron chi connectivity index (χ2n) is 6.45. The van der Waals surface area contributed by atoms with Crippen LogP contribution in [0, 0.1) is 0 Å². The summed E-state index contributed by atoms with van der Waals surface area (Å²) < 4.78 is 3.65. The summed E-state index contributed by atoms with van der Waals surface area (Å²) in [4.78, 5) is 9.40. The second-order valence-corrected chi connectivity index (χ2v) is 6.45. The first-order valence-electron chi connectivity index (χ1n) is 8.54. The van der Waals surface area contributed by atoms with Crippen LogP contribution in [-0.2, 0) is 0 Å². The molecule has 3 heterocycles. The number of hydrogen-bond donors (Lipinski definition) is 0. The summed E-state index contributed by atoms with van der Waals surface area (Å²) in [6.07, 6.45) is 9.86. The number of rotatable bonds is 2. The molecule has 3 aromatic heterocycles. The third kappa shape index (κ3) is 2.10. The minimum atomic E-state index is 0.484. The largest absolute Gasteiger partial charge is 0.216 e. The van der Waals surface area contributed by atoms with E-state index in [1.807, 2.05) is 41.2 Å². The molecule has 0 spiro atoms. The van der Waals surface area contributed by atoms with Crippen LogP contribution in [-0.4, -0.2) is 29.4 Å². The van der Waals surface area contributed by atoms with Crippen LogP contribution in [0.4, 0.5) is 0 Å². The second kappa shape index (κ2) is 5.40. The van der Waals surface area contributed by atoms with E-state index >= 15 is 0 Å². The van der Waals surface area contributed by atoms with Crippen LogP contribution in [0.2, 0.25) is 0 Å². The fourth-order valence-corrected chi connectivity index (χ4v) is 3.63. The minimum absolute atomic E-state index is 0.484. The van der Waals surface area contributed by atoms with E-state index in [9.17, 15) is 0 Å². The summed E-state index contributed by atoms with van der Waals surface area (Å²) in [5, 5.41) is 10.1. The molecule has 5 rings (SSSR count). The fourth-order valence-electron chi connectivity index (χ4n) is 3.63. The first-order valence-corrected chi connectivity index (χ1v) is 8.54. The van der Waals surface area contributed by atoms with Crippen LogP contribution in [0.1, 0.15) is 43.8 Å². The Kier molecular flexibility index (Phi) is 3.07. The number of fused-ring (bicyclic) bond motifs is 3. The Morgan fingerprint density at radius 1 is 0.958 bits per heavy atom. The van der Waals surface area contributed by atoms with E-state index in [-0.39, 0.29) is 0 Å². The molecule has 120 valence electrons. The van der Waals surface area contributed by atoms with Gasteiger partial charge in [0, 0.05) is 5.92 Å². The van der Waals surface area contributed by atoms with Crippen molar-refractivity contribution in [3.8, 4) is 5.69 Å². The summed E-state index contributed by atoms with van der Waals surface area (Å²) in [5.41, 5.74) is 2.66. The zero-order valence-corrected chi connectivity index (χ0v) is 13.3. The van der Waals surface area contributed by atoms with Gasteiger partial charge in [-0.05, 0) is 25.0 Å². The van der Waals surface area contributed by atoms with Crippen molar-refractivity contribution in [1.82, 2.24) is 29.4 Å². The Morgan fingerprint density at radius 3 is 2.62 bits per heavy atom. The predicted molar refractivity (Wildman–Crippen MR) is 91.2 cm³/mol. The number of hydrogen-bond acceptors (Lipinski definition) is 4. The van der Waals surface area contributed by atoms with E-state index in [1.54, 1.807) is 10.8 Å². The monoisotopic (exact) mass is 318 g/mol. The summed E-state index contributed by atoms with van der Waals surface area (Å²) in [7, 11) is 0. The molecule has 1 aliphatic carbocycles. The van der Waals surface area contributed by atoms with Gasteiger partial charge in [0.15, 0.2) is 17.1 Å². The lowest BCUT2D eigenvalue weighted by Crippen LogP contribution is -2.06.